The Kier molecular flexibility index (Phi) is 7.34. The van der Waals surface area contributed by atoms with Gasteiger partial charge in [0.25, 0.3) is 0 Å². The lowest BCUT2D eigenvalue weighted by atomic mass is 10.0. The van der Waals surface area contributed by atoms with E-state index in [4.69, 9.17) is 4.74 Å². The van der Waals surface area contributed by atoms with Gasteiger partial charge in [0, 0.05) is 18.0 Å². The maximum absolute atomic E-state index is 13.3. The van der Waals surface area contributed by atoms with Crippen LogP contribution in [0.3, 0.4) is 0 Å². The first-order chi connectivity index (χ1) is 18.4. The predicted molar refractivity (Wildman–Crippen MR) is 132 cm³/mol. The van der Waals surface area contributed by atoms with Crippen LogP contribution < -0.4 is 10.1 Å². The number of carbonyl (C=O) groups is 1. The van der Waals surface area contributed by atoms with Crippen molar-refractivity contribution in [2.75, 3.05) is 6.61 Å². The first-order valence-electron chi connectivity index (χ1n) is 13.0. The largest absolute Gasteiger partial charge is 0.478 e. The first-order valence-corrected chi connectivity index (χ1v) is 14.5. The van der Waals surface area contributed by atoms with Crippen molar-refractivity contribution < 1.29 is 35.5 Å². The Morgan fingerprint density at radius 1 is 1.13 bits per heavy atom. The lowest BCUT2D eigenvalue weighted by Crippen LogP contribution is -2.48. The second kappa shape index (κ2) is 10.3. The molecule has 1 unspecified atom stereocenters. The molecular formula is C26H30F4N4O4S. The van der Waals surface area contributed by atoms with Gasteiger partial charge >= 0.3 is 6.18 Å². The fourth-order valence-electron chi connectivity index (χ4n) is 4.99. The molecule has 2 saturated carbocycles. The van der Waals surface area contributed by atoms with E-state index >= 15 is 0 Å². The van der Waals surface area contributed by atoms with Gasteiger partial charge in [-0.2, -0.15) is 22.5 Å². The Morgan fingerprint density at radius 2 is 1.82 bits per heavy atom. The fourth-order valence-corrected chi connectivity index (χ4v) is 6.83. The molecule has 2 aliphatic carbocycles. The average Bonchev–Trinajstić information content (AvgIpc) is 3.80. The van der Waals surface area contributed by atoms with E-state index in [0.29, 0.717) is 24.4 Å². The van der Waals surface area contributed by atoms with E-state index in [1.165, 1.54) is 18.2 Å². The van der Waals surface area contributed by atoms with Crippen molar-refractivity contribution in [1.82, 2.24) is 19.6 Å². The van der Waals surface area contributed by atoms with Crippen molar-refractivity contribution in [3.63, 3.8) is 0 Å². The minimum Gasteiger partial charge on any atom is -0.478 e. The molecule has 3 fully saturated rings. The highest BCUT2D eigenvalue weighted by molar-refractivity contribution is 7.89. The van der Waals surface area contributed by atoms with E-state index in [0.717, 1.165) is 29.3 Å². The predicted octanol–water partition coefficient (Wildman–Crippen LogP) is 4.46. The van der Waals surface area contributed by atoms with E-state index in [1.54, 1.807) is 6.92 Å². The zero-order valence-electron chi connectivity index (χ0n) is 21.4. The zero-order valence-corrected chi connectivity index (χ0v) is 22.2. The lowest BCUT2D eigenvalue weighted by molar-refractivity contribution is -0.190. The van der Waals surface area contributed by atoms with Crippen LogP contribution in [0.4, 0.5) is 17.6 Å². The monoisotopic (exact) mass is 570 g/mol. The molecule has 0 spiro atoms. The van der Waals surface area contributed by atoms with Crippen molar-refractivity contribution in [3.8, 4) is 5.88 Å². The molecule has 2 heterocycles. The van der Waals surface area contributed by atoms with Crippen LogP contribution >= 0.6 is 0 Å². The number of nitrogens with zero attached hydrogens (tertiary/aromatic N) is 3. The summed E-state index contributed by atoms with van der Waals surface area (Å²) >= 11 is 0. The van der Waals surface area contributed by atoms with Crippen molar-refractivity contribution in [2.45, 2.75) is 87.5 Å². The molecule has 2 atom stereocenters. The number of halogens is 4. The molecule has 0 radical (unpaired) electrons. The number of amides is 1. The van der Waals surface area contributed by atoms with E-state index < -0.39 is 45.4 Å². The molecule has 0 bridgehead atoms. The second-order valence-electron chi connectivity index (χ2n) is 10.7. The molecule has 2 aromatic rings. The maximum Gasteiger partial charge on any atom is 0.394 e. The number of rotatable bonds is 10. The maximum atomic E-state index is 13.3. The standard InChI is InChI=1S/C26H30F4N4O4S/c1-16-2-9-21(34(16)39(36,37)20-7-5-18(27)6-8-20)24(35)31-15-19-14-22(33-23(32-19)17-3-4-17)38-13-12-25(10-11-25)26(28,29)30/h5-8,14,16-17,21H,2-4,9-13,15H2,1H3,(H,31,35)/t16?,21-/m0/s1. The second-order valence-corrected chi connectivity index (χ2v) is 12.5. The van der Waals surface area contributed by atoms with Gasteiger partial charge < -0.3 is 10.1 Å². The van der Waals surface area contributed by atoms with Gasteiger partial charge in [-0.15, -0.1) is 0 Å². The van der Waals surface area contributed by atoms with Gasteiger partial charge in [0.1, 0.15) is 17.7 Å². The fraction of sp³-hybridized carbons (Fsp3) is 0.577. The van der Waals surface area contributed by atoms with Crippen molar-refractivity contribution >= 4 is 15.9 Å². The summed E-state index contributed by atoms with van der Waals surface area (Å²) < 4.78 is 86.3. The third-order valence-corrected chi connectivity index (χ3v) is 9.77. The highest BCUT2D eigenvalue weighted by Crippen LogP contribution is 2.59. The van der Waals surface area contributed by atoms with E-state index in [-0.39, 0.29) is 49.1 Å². The summed E-state index contributed by atoms with van der Waals surface area (Å²) in [4.78, 5) is 21.9. The number of hydrogen-bond donors (Lipinski definition) is 1. The molecule has 1 aliphatic heterocycles. The minimum atomic E-state index is -4.26. The molecule has 1 aromatic heterocycles. The van der Waals surface area contributed by atoms with E-state index in [2.05, 4.69) is 15.3 Å². The molecule has 39 heavy (non-hydrogen) atoms. The summed E-state index contributed by atoms with van der Waals surface area (Å²) in [7, 11) is -4.05. The molecule has 5 rings (SSSR count). The van der Waals surface area contributed by atoms with Gasteiger partial charge in [-0.3, -0.25) is 4.79 Å². The van der Waals surface area contributed by atoms with Gasteiger partial charge in [0.05, 0.1) is 29.2 Å². The number of benzene rings is 1. The first kappa shape index (κ1) is 27.8. The number of hydrogen-bond acceptors (Lipinski definition) is 6. The number of nitrogens with one attached hydrogen (secondary N) is 1. The Labute approximate surface area is 224 Å². The molecular weight excluding hydrogens is 540 g/mol. The summed E-state index contributed by atoms with van der Waals surface area (Å²) in [5, 5.41) is 2.75. The third kappa shape index (κ3) is 5.88. The van der Waals surface area contributed by atoms with Crippen LogP contribution in [0.2, 0.25) is 0 Å². The number of alkyl halides is 3. The SMILES string of the molecule is CC1CC[C@@H](C(=O)NCc2cc(OCCC3(C(F)(F)F)CC3)nc(C3CC3)n2)N1S(=O)(=O)c1ccc(F)cc1. The van der Waals surface area contributed by atoms with Crippen LogP contribution in [0.1, 0.15) is 69.3 Å². The van der Waals surface area contributed by atoms with Crippen LogP contribution in [0.15, 0.2) is 35.2 Å². The number of carbonyl (C=O) groups excluding carboxylic acids is 1. The number of aromatic nitrogens is 2. The topological polar surface area (TPSA) is 101 Å². The smallest absolute Gasteiger partial charge is 0.394 e. The number of sulfonamides is 1. The summed E-state index contributed by atoms with van der Waals surface area (Å²) in [6.07, 6.45) is -1.62. The summed E-state index contributed by atoms with van der Waals surface area (Å²) in [5.74, 6) is -0.253. The summed E-state index contributed by atoms with van der Waals surface area (Å²) in [6, 6.07) is 4.57. The van der Waals surface area contributed by atoms with Crippen LogP contribution in [0.25, 0.3) is 0 Å². The quantitative estimate of drug-likeness (QED) is 0.424. The lowest BCUT2D eigenvalue weighted by Gasteiger charge is -2.27. The zero-order chi connectivity index (χ0) is 28.0. The van der Waals surface area contributed by atoms with Gasteiger partial charge in [-0.05, 0) is 76.1 Å². The van der Waals surface area contributed by atoms with E-state index in [1.807, 2.05) is 0 Å². The molecule has 212 valence electrons. The van der Waals surface area contributed by atoms with Gasteiger partial charge in [0.2, 0.25) is 21.8 Å². The van der Waals surface area contributed by atoms with Crippen LogP contribution in [-0.2, 0) is 21.4 Å². The Bertz CT molecular complexity index is 1330. The van der Waals surface area contributed by atoms with Gasteiger partial charge in [-0.1, -0.05) is 0 Å². The Balaban J connectivity index is 1.25. The van der Waals surface area contributed by atoms with Crippen LogP contribution in [-0.4, -0.2) is 53.5 Å². The molecule has 1 N–H and O–H groups in total. The van der Waals surface area contributed by atoms with Crippen molar-refractivity contribution in [2.24, 2.45) is 5.41 Å². The van der Waals surface area contributed by atoms with E-state index in [9.17, 15) is 30.8 Å². The van der Waals surface area contributed by atoms with Crippen molar-refractivity contribution in [1.29, 1.82) is 0 Å². The van der Waals surface area contributed by atoms with Crippen LogP contribution in [0.5, 0.6) is 5.88 Å². The molecule has 1 saturated heterocycles. The minimum absolute atomic E-state index is 0.0285. The van der Waals surface area contributed by atoms with Gasteiger partial charge in [0.15, 0.2) is 0 Å². The average molecular weight is 571 g/mol. The Morgan fingerprint density at radius 3 is 2.44 bits per heavy atom. The van der Waals surface area contributed by atoms with Crippen LogP contribution in [0, 0.1) is 11.2 Å². The molecule has 3 aliphatic rings. The molecule has 1 aromatic carbocycles. The summed E-state index contributed by atoms with van der Waals surface area (Å²) in [5.41, 5.74) is -1.25. The summed E-state index contributed by atoms with van der Waals surface area (Å²) in [6.45, 7) is 1.55. The third-order valence-electron chi connectivity index (χ3n) is 7.74. The highest BCUT2D eigenvalue weighted by Gasteiger charge is 2.62. The Hall–Kier alpha value is -2.80. The molecule has 13 heteroatoms. The normalized spacial score (nSPS) is 23.0. The highest BCUT2D eigenvalue weighted by atomic mass is 32.2. The van der Waals surface area contributed by atoms with Gasteiger partial charge in [-0.25, -0.2) is 17.8 Å². The molecule has 8 nitrogen and oxygen atoms in total. The van der Waals surface area contributed by atoms with Crippen molar-refractivity contribution in [3.05, 3.63) is 47.7 Å². The molecule has 1 amide bonds. The number of ether oxygens (including phenoxy) is 1.